The first-order chi connectivity index (χ1) is 10.6. The summed E-state index contributed by atoms with van der Waals surface area (Å²) in [6, 6.07) is 14.4. The lowest BCUT2D eigenvalue weighted by atomic mass is 10.0. The van der Waals surface area contributed by atoms with Gasteiger partial charge in [-0.25, -0.2) is 0 Å². The van der Waals surface area contributed by atoms with Crippen molar-refractivity contribution in [3.05, 3.63) is 48.0 Å². The standard InChI is InChI=1S/C18H22N2O2/c19-18(22)17-11-15(21)12-20(17)10-4-8-14-7-3-6-13-5-1-2-9-16(13)14/h1-3,5-7,9,15,17,21H,4,8,10-12H2,(H2,19,22)/t15-,17+/m1/s1. The number of aliphatic hydroxyl groups is 1. The number of nitrogens with two attached hydrogens (primary N) is 1. The van der Waals surface area contributed by atoms with Gasteiger partial charge in [-0.1, -0.05) is 42.5 Å². The van der Waals surface area contributed by atoms with Crippen LogP contribution in [-0.4, -0.2) is 41.1 Å². The second-order valence-corrected chi connectivity index (χ2v) is 6.04. The molecule has 22 heavy (non-hydrogen) atoms. The Labute approximate surface area is 130 Å². The van der Waals surface area contributed by atoms with Gasteiger partial charge in [0.05, 0.1) is 12.1 Å². The molecule has 1 aliphatic heterocycles. The number of amides is 1. The number of nitrogens with zero attached hydrogens (tertiary/aromatic N) is 1. The van der Waals surface area contributed by atoms with Gasteiger partial charge in [-0.15, -0.1) is 0 Å². The number of β-amino-alcohol motifs (C(OH)–C–C–N with tert-alkyl or cyclic N) is 1. The maximum absolute atomic E-state index is 11.4. The molecule has 116 valence electrons. The van der Waals surface area contributed by atoms with E-state index < -0.39 is 6.10 Å². The van der Waals surface area contributed by atoms with Gasteiger partial charge in [0.15, 0.2) is 0 Å². The first-order valence-corrected chi connectivity index (χ1v) is 7.83. The molecule has 0 aromatic heterocycles. The summed E-state index contributed by atoms with van der Waals surface area (Å²) in [5.41, 5.74) is 6.74. The summed E-state index contributed by atoms with van der Waals surface area (Å²) in [6.45, 7) is 1.33. The number of aryl methyl sites for hydroxylation is 1. The third kappa shape index (κ3) is 3.13. The van der Waals surface area contributed by atoms with Gasteiger partial charge in [-0.2, -0.15) is 0 Å². The van der Waals surface area contributed by atoms with Gasteiger partial charge < -0.3 is 10.8 Å². The summed E-state index contributed by atoms with van der Waals surface area (Å²) >= 11 is 0. The minimum absolute atomic E-state index is 0.317. The maximum Gasteiger partial charge on any atom is 0.234 e. The topological polar surface area (TPSA) is 66.6 Å². The van der Waals surface area contributed by atoms with E-state index >= 15 is 0 Å². The largest absolute Gasteiger partial charge is 0.392 e. The second kappa shape index (κ2) is 6.46. The van der Waals surface area contributed by atoms with Crippen LogP contribution in [0.25, 0.3) is 10.8 Å². The van der Waals surface area contributed by atoms with E-state index in [9.17, 15) is 9.90 Å². The van der Waals surface area contributed by atoms with E-state index in [1.807, 2.05) is 4.90 Å². The molecule has 1 saturated heterocycles. The van der Waals surface area contributed by atoms with Crippen molar-refractivity contribution >= 4 is 16.7 Å². The Bertz CT molecular complexity index is 666. The van der Waals surface area contributed by atoms with Crippen molar-refractivity contribution in [2.24, 2.45) is 5.73 Å². The minimum Gasteiger partial charge on any atom is -0.392 e. The number of aliphatic hydroxyl groups excluding tert-OH is 1. The zero-order chi connectivity index (χ0) is 15.5. The van der Waals surface area contributed by atoms with Gasteiger partial charge >= 0.3 is 0 Å². The molecule has 0 aliphatic carbocycles. The van der Waals surface area contributed by atoms with Crippen molar-refractivity contribution in [1.29, 1.82) is 0 Å². The summed E-state index contributed by atoms with van der Waals surface area (Å²) in [5, 5.41) is 12.3. The van der Waals surface area contributed by atoms with E-state index in [0.29, 0.717) is 13.0 Å². The number of primary amides is 1. The summed E-state index contributed by atoms with van der Waals surface area (Å²) in [6.07, 6.45) is 1.93. The Morgan fingerprint density at radius 2 is 2.00 bits per heavy atom. The number of carbonyl (C=O) groups is 1. The summed E-state index contributed by atoms with van der Waals surface area (Å²) in [5.74, 6) is -0.332. The molecule has 1 amide bonds. The number of likely N-dealkylation sites (tertiary alicyclic amines) is 1. The molecule has 2 atom stereocenters. The van der Waals surface area contributed by atoms with Gasteiger partial charge in [-0.3, -0.25) is 9.69 Å². The highest BCUT2D eigenvalue weighted by atomic mass is 16.3. The van der Waals surface area contributed by atoms with Crippen LogP contribution in [0.3, 0.4) is 0 Å². The summed E-state index contributed by atoms with van der Waals surface area (Å²) in [4.78, 5) is 13.4. The van der Waals surface area contributed by atoms with E-state index in [-0.39, 0.29) is 11.9 Å². The Hall–Kier alpha value is -1.91. The molecule has 4 heteroatoms. The van der Waals surface area contributed by atoms with Crippen molar-refractivity contribution in [1.82, 2.24) is 4.90 Å². The van der Waals surface area contributed by atoms with Crippen LogP contribution in [0.4, 0.5) is 0 Å². The first kappa shape index (κ1) is 15.0. The number of hydrogen-bond donors (Lipinski definition) is 2. The molecule has 0 saturated carbocycles. The Morgan fingerprint density at radius 1 is 1.23 bits per heavy atom. The van der Waals surface area contributed by atoms with Crippen molar-refractivity contribution in [3.63, 3.8) is 0 Å². The summed E-state index contributed by atoms with van der Waals surface area (Å²) in [7, 11) is 0. The summed E-state index contributed by atoms with van der Waals surface area (Å²) < 4.78 is 0. The molecule has 0 unspecified atom stereocenters. The number of benzene rings is 2. The van der Waals surface area contributed by atoms with Gasteiger partial charge in [0.1, 0.15) is 0 Å². The van der Waals surface area contributed by atoms with Crippen LogP contribution < -0.4 is 5.73 Å². The van der Waals surface area contributed by atoms with E-state index in [1.165, 1.54) is 16.3 Å². The van der Waals surface area contributed by atoms with Crippen LogP contribution in [0.1, 0.15) is 18.4 Å². The number of rotatable bonds is 5. The number of hydrogen-bond acceptors (Lipinski definition) is 3. The third-order valence-corrected chi connectivity index (χ3v) is 4.48. The zero-order valence-corrected chi connectivity index (χ0v) is 12.6. The minimum atomic E-state index is -0.435. The van der Waals surface area contributed by atoms with Crippen LogP contribution >= 0.6 is 0 Å². The quantitative estimate of drug-likeness (QED) is 0.883. The van der Waals surface area contributed by atoms with Crippen molar-refractivity contribution in [2.75, 3.05) is 13.1 Å². The molecule has 2 aromatic rings. The molecule has 3 rings (SSSR count). The van der Waals surface area contributed by atoms with Gasteiger partial charge in [0, 0.05) is 6.54 Å². The molecule has 1 fully saturated rings. The molecule has 4 nitrogen and oxygen atoms in total. The fourth-order valence-corrected chi connectivity index (χ4v) is 3.41. The molecule has 3 N–H and O–H groups in total. The normalized spacial score (nSPS) is 22.2. The Balaban J connectivity index is 1.64. The molecule has 0 bridgehead atoms. The van der Waals surface area contributed by atoms with E-state index in [0.717, 1.165) is 19.4 Å². The molecule has 0 radical (unpaired) electrons. The predicted molar refractivity (Wildman–Crippen MR) is 87.4 cm³/mol. The fourth-order valence-electron chi connectivity index (χ4n) is 3.41. The lowest BCUT2D eigenvalue weighted by Crippen LogP contribution is -2.40. The van der Waals surface area contributed by atoms with E-state index in [1.54, 1.807) is 0 Å². The second-order valence-electron chi connectivity index (χ2n) is 6.04. The zero-order valence-electron chi connectivity index (χ0n) is 12.6. The fraction of sp³-hybridized carbons (Fsp3) is 0.389. The highest BCUT2D eigenvalue weighted by Gasteiger charge is 2.33. The average molecular weight is 298 g/mol. The Morgan fingerprint density at radius 3 is 2.82 bits per heavy atom. The number of carbonyl (C=O) groups excluding carboxylic acids is 1. The lowest BCUT2D eigenvalue weighted by molar-refractivity contribution is -0.122. The predicted octanol–water partition coefficient (Wildman–Crippen LogP) is 1.69. The Kier molecular flexibility index (Phi) is 4.41. The monoisotopic (exact) mass is 298 g/mol. The van der Waals surface area contributed by atoms with Crippen LogP contribution in [0.15, 0.2) is 42.5 Å². The van der Waals surface area contributed by atoms with E-state index in [4.69, 9.17) is 5.73 Å². The molecule has 0 spiro atoms. The van der Waals surface area contributed by atoms with E-state index in [2.05, 4.69) is 42.5 Å². The molecule has 2 aromatic carbocycles. The van der Waals surface area contributed by atoms with Crippen LogP contribution in [0.2, 0.25) is 0 Å². The lowest BCUT2D eigenvalue weighted by Gasteiger charge is -2.21. The highest BCUT2D eigenvalue weighted by Crippen LogP contribution is 2.21. The highest BCUT2D eigenvalue weighted by molar-refractivity contribution is 5.85. The van der Waals surface area contributed by atoms with Gasteiger partial charge in [0.25, 0.3) is 0 Å². The molecule has 1 aliphatic rings. The van der Waals surface area contributed by atoms with Crippen LogP contribution in [0, 0.1) is 0 Å². The van der Waals surface area contributed by atoms with Crippen molar-refractivity contribution < 1.29 is 9.90 Å². The van der Waals surface area contributed by atoms with Gasteiger partial charge in [-0.05, 0) is 42.1 Å². The molecular formula is C18H22N2O2. The molecule has 1 heterocycles. The SMILES string of the molecule is NC(=O)[C@@H]1C[C@@H](O)CN1CCCc1cccc2ccccc12. The van der Waals surface area contributed by atoms with Crippen LogP contribution in [0.5, 0.6) is 0 Å². The smallest absolute Gasteiger partial charge is 0.234 e. The number of fused-ring (bicyclic) bond motifs is 1. The first-order valence-electron chi connectivity index (χ1n) is 7.83. The average Bonchev–Trinajstić information content (AvgIpc) is 2.89. The van der Waals surface area contributed by atoms with Crippen molar-refractivity contribution in [2.45, 2.75) is 31.4 Å². The third-order valence-electron chi connectivity index (χ3n) is 4.48. The molecular weight excluding hydrogens is 276 g/mol. The van der Waals surface area contributed by atoms with Gasteiger partial charge in [0.2, 0.25) is 5.91 Å². The van der Waals surface area contributed by atoms with Crippen molar-refractivity contribution in [3.8, 4) is 0 Å². The maximum atomic E-state index is 11.4. The van der Waals surface area contributed by atoms with Crippen LogP contribution in [-0.2, 0) is 11.2 Å².